The first-order chi connectivity index (χ1) is 11.1. The molecule has 0 aliphatic carbocycles. The van der Waals surface area contributed by atoms with E-state index < -0.39 is 24.3 Å². The van der Waals surface area contributed by atoms with Crippen molar-refractivity contribution in [1.82, 2.24) is 5.16 Å². The number of unbranched alkanes of at least 4 members (excludes halogenated alkanes) is 3. The molecule has 0 saturated heterocycles. The van der Waals surface area contributed by atoms with Crippen LogP contribution in [-0.4, -0.2) is 34.6 Å². The summed E-state index contributed by atoms with van der Waals surface area (Å²) in [6.07, 6.45) is 7.99. The van der Waals surface area contributed by atoms with Gasteiger partial charge in [0.05, 0.1) is 0 Å². The van der Waals surface area contributed by atoms with Crippen LogP contribution < -0.4 is 3.78 Å². The number of hydrogen-bond donors (Lipinski definition) is 1. The number of nitrogens with zero attached hydrogens (tertiary/aromatic N) is 1. The molecule has 1 N–H and O–H groups in total. The minimum atomic E-state index is -2.72. The maximum atomic E-state index is 11.5. The van der Waals surface area contributed by atoms with Gasteiger partial charge < -0.3 is 0 Å². The van der Waals surface area contributed by atoms with Crippen molar-refractivity contribution in [2.24, 2.45) is 0 Å². The van der Waals surface area contributed by atoms with Crippen LogP contribution in [0.3, 0.4) is 0 Å². The van der Waals surface area contributed by atoms with Gasteiger partial charge in [-0.15, -0.1) is 0 Å². The Hall–Kier alpha value is -0.521. The number of carboxylic acids is 1. The second-order valence-electron chi connectivity index (χ2n) is 6.59. The molecule has 1 rings (SSSR count). The first kappa shape index (κ1) is 20.5. The van der Waals surface area contributed by atoms with Crippen LogP contribution in [-0.2, 0) is 6.42 Å². The Morgan fingerprint density at radius 3 is 1.83 bits per heavy atom. The van der Waals surface area contributed by atoms with Gasteiger partial charge in [0, 0.05) is 0 Å². The van der Waals surface area contributed by atoms with Gasteiger partial charge in [-0.05, 0) is 0 Å². The molecule has 5 heteroatoms. The Morgan fingerprint density at radius 1 is 1.00 bits per heavy atom. The van der Waals surface area contributed by atoms with E-state index in [1.54, 1.807) is 0 Å². The quantitative estimate of drug-likeness (QED) is 0.475. The SMILES string of the molecule is CCC[CH2][Sn]([CH2]CCC)([CH2]CCC)[c]1onc(C(=O)O)c1CC. The Bertz CT molecular complexity index is 463. The molecule has 0 aromatic carbocycles. The summed E-state index contributed by atoms with van der Waals surface area (Å²) >= 11 is -2.72. The second kappa shape index (κ2) is 10.4. The minimum absolute atomic E-state index is 0.160. The van der Waals surface area contributed by atoms with Crippen molar-refractivity contribution in [1.29, 1.82) is 0 Å². The van der Waals surface area contributed by atoms with Crippen LogP contribution in [0.5, 0.6) is 0 Å². The molecule has 1 aromatic rings. The van der Waals surface area contributed by atoms with E-state index in [4.69, 9.17) is 4.52 Å². The summed E-state index contributed by atoms with van der Waals surface area (Å²) in [7, 11) is 0. The van der Waals surface area contributed by atoms with Gasteiger partial charge in [-0.1, -0.05) is 0 Å². The van der Waals surface area contributed by atoms with Crippen LogP contribution >= 0.6 is 0 Å². The number of aromatic nitrogens is 1. The van der Waals surface area contributed by atoms with Gasteiger partial charge in [0.2, 0.25) is 0 Å². The van der Waals surface area contributed by atoms with E-state index in [1.807, 2.05) is 6.92 Å². The van der Waals surface area contributed by atoms with Crippen LogP contribution in [0.4, 0.5) is 0 Å². The molecule has 0 atom stereocenters. The molecular weight excluding hydrogens is 397 g/mol. The fourth-order valence-corrected chi connectivity index (χ4v) is 19.7. The Labute approximate surface area is 144 Å². The molecule has 0 fully saturated rings. The van der Waals surface area contributed by atoms with Crippen LogP contribution in [0.15, 0.2) is 4.52 Å². The topological polar surface area (TPSA) is 63.3 Å². The fourth-order valence-electron chi connectivity index (χ4n) is 3.48. The standard InChI is InChI=1S/C6H6NO3.3C4H9.Sn/c1-2-4-3-10-7-5(4)6(8)9;3*1-3-4-2;/h2H2,1H3,(H,8,9);3*1,3-4H2,2H3;. The van der Waals surface area contributed by atoms with Gasteiger partial charge in [-0.2, -0.15) is 0 Å². The summed E-state index contributed by atoms with van der Waals surface area (Å²) < 4.78 is 10.6. The molecule has 0 radical (unpaired) electrons. The summed E-state index contributed by atoms with van der Waals surface area (Å²) in [5.74, 6) is -0.946. The molecular formula is C18H33NO3Sn. The molecule has 0 aliphatic rings. The van der Waals surface area contributed by atoms with Crippen LogP contribution in [0.1, 0.15) is 82.3 Å². The average Bonchev–Trinajstić information content (AvgIpc) is 2.99. The number of rotatable bonds is 12. The third kappa shape index (κ3) is 5.23. The molecule has 0 aliphatic heterocycles. The zero-order chi connectivity index (χ0) is 17.3. The van der Waals surface area contributed by atoms with E-state index in [0.29, 0.717) is 6.42 Å². The molecule has 1 aromatic heterocycles. The first-order valence-electron chi connectivity index (χ1n) is 9.28. The summed E-state index contributed by atoms with van der Waals surface area (Å²) in [4.78, 5) is 11.5. The van der Waals surface area contributed by atoms with E-state index in [0.717, 1.165) is 9.34 Å². The van der Waals surface area contributed by atoms with Crippen molar-refractivity contribution in [3.63, 3.8) is 0 Å². The van der Waals surface area contributed by atoms with Crippen molar-refractivity contribution in [2.45, 2.75) is 86.0 Å². The maximum absolute atomic E-state index is 11.5. The summed E-state index contributed by atoms with van der Waals surface area (Å²) in [6.45, 7) is 8.73. The van der Waals surface area contributed by atoms with Gasteiger partial charge in [0.15, 0.2) is 0 Å². The number of carboxylic acid groups (broad SMARTS) is 1. The van der Waals surface area contributed by atoms with E-state index in [1.165, 1.54) is 51.8 Å². The summed E-state index contributed by atoms with van der Waals surface area (Å²) in [5, 5.41) is 13.4. The predicted molar refractivity (Wildman–Crippen MR) is 97.4 cm³/mol. The van der Waals surface area contributed by atoms with Gasteiger partial charge in [0.25, 0.3) is 0 Å². The Kier molecular flexibility index (Phi) is 9.25. The van der Waals surface area contributed by atoms with Gasteiger partial charge in [-0.3, -0.25) is 0 Å². The van der Waals surface area contributed by atoms with Crippen molar-refractivity contribution in [3.05, 3.63) is 11.3 Å². The van der Waals surface area contributed by atoms with Crippen LogP contribution in [0.25, 0.3) is 0 Å². The van der Waals surface area contributed by atoms with E-state index >= 15 is 0 Å². The average molecular weight is 430 g/mol. The third-order valence-electron chi connectivity index (χ3n) is 4.85. The van der Waals surface area contributed by atoms with Crippen molar-refractivity contribution in [2.75, 3.05) is 0 Å². The molecule has 0 bridgehead atoms. The Morgan fingerprint density at radius 2 is 1.48 bits per heavy atom. The molecule has 0 spiro atoms. The molecule has 1 heterocycles. The van der Waals surface area contributed by atoms with Gasteiger partial charge in [-0.25, -0.2) is 0 Å². The van der Waals surface area contributed by atoms with Gasteiger partial charge >= 0.3 is 145 Å². The van der Waals surface area contributed by atoms with Crippen LogP contribution in [0.2, 0.25) is 13.3 Å². The first-order valence-corrected chi connectivity index (χ1v) is 16.8. The monoisotopic (exact) mass is 431 g/mol. The Balaban J connectivity index is 3.31. The van der Waals surface area contributed by atoms with Gasteiger partial charge in [0.1, 0.15) is 0 Å². The van der Waals surface area contributed by atoms with E-state index in [-0.39, 0.29) is 5.69 Å². The molecule has 23 heavy (non-hydrogen) atoms. The molecule has 4 nitrogen and oxygen atoms in total. The zero-order valence-corrected chi connectivity index (χ0v) is 18.1. The number of aromatic carboxylic acids is 1. The fraction of sp³-hybridized carbons (Fsp3) is 0.778. The molecule has 0 saturated carbocycles. The summed E-state index contributed by atoms with van der Waals surface area (Å²) in [5.41, 5.74) is 1.06. The van der Waals surface area contributed by atoms with Crippen molar-refractivity contribution >= 4 is 28.1 Å². The third-order valence-corrected chi connectivity index (χ3v) is 19.9. The normalized spacial score (nSPS) is 11.8. The second-order valence-corrected chi connectivity index (χ2v) is 19.5. The number of hydrogen-bond acceptors (Lipinski definition) is 3. The van der Waals surface area contributed by atoms with E-state index in [9.17, 15) is 9.90 Å². The summed E-state index contributed by atoms with van der Waals surface area (Å²) in [6, 6.07) is 0. The zero-order valence-electron chi connectivity index (χ0n) is 15.3. The van der Waals surface area contributed by atoms with Crippen LogP contribution in [0, 0.1) is 0 Å². The number of carbonyl (C=O) groups is 1. The molecule has 132 valence electrons. The van der Waals surface area contributed by atoms with E-state index in [2.05, 4.69) is 25.9 Å². The van der Waals surface area contributed by atoms with Crippen molar-refractivity contribution < 1.29 is 14.4 Å². The molecule has 0 amide bonds. The molecule has 0 unspecified atom stereocenters. The predicted octanol–water partition coefficient (Wildman–Crippen LogP) is 4.99. The van der Waals surface area contributed by atoms with Crippen molar-refractivity contribution in [3.8, 4) is 0 Å².